The highest BCUT2D eigenvalue weighted by Gasteiger charge is 2.21. The second-order valence-electron chi connectivity index (χ2n) is 5.24. The topological polar surface area (TPSA) is 36.9 Å². The van der Waals surface area contributed by atoms with Crippen molar-refractivity contribution in [2.45, 2.75) is 18.9 Å². The Kier molecular flexibility index (Phi) is 4.49. The summed E-state index contributed by atoms with van der Waals surface area (Å²) in [5.74, 6) is 2.51. The predicted molar refractivity (Wildman–Crippen MR) is 83.6 cm³/mol. The Balaban J connectivity index is 1.76. The van der Waals surface area contributed by atoms with E-state index in [0.29, 0.717) is 0 Å². The van der Waals surface area contributed by atoms with Crippen LogP contribution in [0.4, 0.5) is 0 Å². The minimum atomic E-state index is 0.0658. The lowest BCUT2D eigenvalue weighted by atomic mass is 9.97. The number of fused-ring (bicyclic) bond motifs is 1. The van der Waals surface area contributed by atoms with Crippen LogP contribution in [0.15, 0.2) is 42.5 Å². The Labute approximate surface area is 130 Å². The minimum Gasteiger partial charge on any atom is -0.497 e. The molecule has 0 spiro atoms. The van der Waals surface area contributed by atoms with Gasteiger partial charge in [-0.25, -0.2) is 0 Å². The van der Waals surface area contributed by atoms with Crippen LogP contribution in [0.5, 0.6) is 17.2 Å². The summed E-state index contributed by atoms with van der Waals surface area (Å²) in [7, 11) is 3.28. The van der Waals surface area contributed by atoms with Gasteiger partial charge in [-0.2, -0.15) is 0 Å². The highest BCUT2D eigenvalue weighted by atomic mass is 16.7. The molecule has 1 unspecified atom stereocenters. The number of hydrogen-bond acceptors (Lipinski definition) is 4. The lowest BCUT2D eigenvalue weighted by Gasteiger charge is -2.27. The molecular weight excluding hydrogens is 280 g/mol. The maximum atomic E-state index is 6.15. The zero-order chi connectivity index (χ0) is 15.4. The predicted octanol–water partition coefficient (Wildman–Crippen LogP) is 3.74. The summed E-state index contributed by atoms with van der Waals surface area (Å²) >= 11 is 0. The van der Waals surface area contributed by atoms with E-state index in [9.17, 15) is 0 Å². The molecule has 4 nitrogen and oxygen atoms in total. The molecule has 0 aromatic heterocycles. The van der Waals surface area contributed by atoms with Crippen LogP contribution in [0.1, 0.15) is 23.7 Å². The summed E-state index contributed by atoms with van der Waals surface area (Å²) in [6.45, 7) is 0.237. The molecule has 0 amide bonds. The molecule has 0 aliphatic carbocycles. The fourth-order valence-electron chi connectivity index (χ4n) is 2.62. The Morgan fingerprint density at radius 2 is 1.82 bits per heavy atom. The molecule has 0 N–H and O–H groups in total. The van der Waals surface area contributed by atoms with Crippen molar-refractivity contribution in [2.75, 3.05) is 21.0 Å². The summed E-state index contributed by atoms with van der Waals surface area (Å²) in [6, 6.07) is 14.0. The molecule has 0 radical (unpaired) electrons. The van der Waals surface area contributed by atoms with Crippen molar-refractivity contribution in [1.29, 1.82) is 0 Å². The van der Waals surface area contributed by atoms with E-state index in [1.54, 1.807) is 14.2 Å². The third-order valence-electron chi connectivity index (χ3n) is 3.81. The van der Waals surface area contributed by atoms with Gasteiger partial charge in [0.1, 0.15) is 23.4 Å². The summed E-state index contributed by atoms with van der Waals surface area (Å²) in [5.41, 5.74) is 2.38. The quantitative estimate of drug-likeness (QED) is 0.788. The van der Waals surface area contributed by atoms with Crippen LogP contribution in [0, 0.1) is 0 Å². The van der Waals surface area contributed by atoms with Crippen LogP contribution in [-0.4, -0.2) is 21.0 Å². The molecular formula is C18H20O4. The van der Waals surface area contributed by atoms with Crippen molar-refractivity contribution < 1.29 is 18.9 Å². The van der Waals surface area contributed by atoms with Gasteiger partial charge in [0, 0.05) is 13.2 Å². The summed E-state index contributed by atoms with van der Waals surface area (Å²) in [6.07, 6.45) is 2.03. The first kappa shape index (κ1) is 14.7. The van der Waals surface area contributed by atoms with Crippen molar-refractivity contribution in [3.63, 3.8) is 0 Å². The SMILES string of the molecule is COCOc1ccc2c(c1)OC(c1ccc(OC)cc1)CC2. The monoisotopic (exact) mass is 300 g/mol. The molecule has 1 heterocycles. The largest absolute Gasteiger partial charge is 0.497 e. The third kappa shape index (κ3) is 3.17. The molecule has 1 atom stereocenters. The van der Waals surface area contributed by atoms with E-state index in [1.165, 1.54) is 5.56 Å². The Morgan fingerprint density at radius 3 is 2.55 bits per heavy atom. The molecule has 22 heavy (non-hydrogen) atoms. The number of hydrogen-bond donors (Lipinski definition) is 0. The minimum absolute atomic E-state index is 0.0658. The lowest BCUT2D eigenvalue weighted by molar-refractivity contribution is 0.0507. The lowest BCUT2D eigenvalue weighted by Crippen LogP contribution is -2.15. The Hall–Kier alpha value is -2.20. The summed E-state index contributed by atoms with van der Waals surface area (Å²) in [4.78, 5) is 0. The van der Waals surface area contributed by atoms with Crippen LogP contribution in [-0.2, 0) is 11.2 Å². The zero-order valence-electron chi connectivity index (χ0n) is 12.9. The maximum absolute atomic E-state index is 6.15. The second kappa shape index (κ2) is 6.71. The summed E-state index contributed by atoms with van der Waals surface area (Å²) in [5, 5.41) is 0. The summed E-state index contributed by atoms with van der Waals surface area (Å²) < 4.78 is 21.7. The van der Waals surface area contributed by atoms with E-state index in [4.69, 9.17) is 18.9 Å². The normalized spacial score (nSPS) is 16.5. The number of benzene rings is 2. The number of ether oxygens (including phenoxy) is 4. The Bertz CT molecular complexity index is 621. The van der Waals surface area contributed by atoms with Crippen LogP contribution in [0.25, 0.3) is 0 Å². The number of rotatable bonds is 5. The maximum Gasteiger partial charge on any atom is 0.188 e. The van der Waals surface area contributed by atoms with Gasteiger partial charge in [0.2, 0.25) is 0 Å². The van der Waals surface area contributed by atoms with Gasteiger partial charge >= 0.3 is 0 Å². The van der Waals surface area contributed by atoms with Gasteiger partial charge < -0.3 is 18.9 Å². The van der Waals surface area contributed by atoms with Gasteiger partial charge in [-0.3, -0.25) is 0 Å². The molecule has 0 bridgehead atoms. The van der Waals surface area contributed by atoms with E-state index in [0.717, 1.165) is 35.7 Å². The van der Waals surface area contributed by atoms with E-state index in [2.05, 4.69) is 18.2 Å². The number of methoxy groups -OCH3 is 2. The standard InChI is InChI=1S/C18H20O4/c1-19-12-21-16-9-5-14-6-10-17(22-18(14)11-16)13-3-7-15(20-2)8-4-13/h3-5,7-9,11,17H,6,10,12H2,1-2H3. The highest BCUT2D eigenvalue weighted by molar-refractivity contribution is 5.43. The third-order valence-corrected chi connectivity index (χ3v) is 3.81. The molecule has 116 valence electrons. The molecule has 2 aromatic rings. The van der Waals surface area contributed by atoms with E-state index >= 15 is 0 Å². The number of aryl methyl sites for hydroxylation is 1. The molecule has 1 aliphatic heterocycles. The van der Waals surface area contributed by atoms with Gasteiger partial charge in [0.15, 0.2) is 6.79 Å². The smallest absolute Gasteiger partial charge is 0.188 e. The Morgan fingerprint density at radius 1 is 1.05 bits per heavy atom. The molecule has 3 rings (SSSR count). The molecule has 4 heteroatoms. The second-order valence-corrected chi connectivity index (χ2v) is 5.24. The molecule has 2 aromatic carbocycles. The van der Waals surface area contributed by atoms with E-state index in [1.807, 2.05) is 24.3 Å². The first-order valence-electron chi connectivity index (χ1n) is 7.35. The fraction of sp³-hybridized carbons (Fsp3) is 0.333. The van der Waals surface area contributed by atoms with Gasteiger partial charge in [-0.05, 0) is 42.2 Å². The van der Waals surface area contributed by atoms with Crippen LogP contribution in [0.2, 0.25) is 0 Å². The molecule has 1 aliphatic rings. The van der Waals surface area contributed by atoms with Crippen molar-refractivity contribution in [3.8, 4) is 17.2 Å². The van der Waals surface area contributed by atoms with Gasteiger partial charge in [0.05, 0.1) is 7.11 Å². The highest BCUT2D eigenvalue weighted by Crippen LogP contribution is 2.37. The van der Waals surface area contributed by atoms with Crippen molar-refractivity contribution >= 4 is 0 Å². The first-order valence-corrected chi connectivity index (χ1v) is 7.35. The molecule has 0 fully saturated rings. The van der Waals surface area contributed by atoms with Crippen molar-refractivity contribution in [2.24, 2.45) is 0 Å². The first-order chi connectivity index (χ1) is 10.8. The van der Waals surface area contributed by atoms with Crippen molar-refractivity contribution in [3.05, 3.63) is 53.6 Å². The van der Waals surface area contributed by atoms with Gasteiger partial charge in [-0.15, -0.1) is 0 Å². The molecule has 0 saturated carbocycles. The van der Waals surface area contributed by atoms with E-state index < -0.39 is 0 Å². The average Bonchev–Trinajstić information content (AvgIpc) is 2.59. The van der Waals surface area contributed by atoms with Crippen LogP contribution < -0.4 is 14.2 Å². The van der Waals surface area contributed by atoms with E-state index in [-0.39, 0.29) is 12.9 Å². The zero-order valence-corrected chi connectivity index (χ0v) is 12.9. The van der Waals surface area contributed by atoms with Crippen LogP contribution >= 0.6 is 0 Å². The fourth-order valence-corrected chi connectivity index (χ4v) is 2.62. The van der Waals surface area contributed by atoms with Gasteiger partial charge in [-0.1, -0.05) is 18.2 Å². The average molecular weight is 300 g/mol. The van der Waals surface area contributed by atoms with Crippen LogP contribution in [0.3, 0.4) is 0 Å². The molecule has 0 saturated heterocycles. The van der Waals surface area contributed by atoms with Gasteiger partial charge in [0.25, 0.3) is 0 Å². The van der Waals surface area contributed by atoms with Crippen molar-refractivity contribution in [1.82, 2.24) is 0 Å².